The Balaban J connectivity index is 0.00000256. The number of nitrogens with one attached hydrogen (secondary N) is 1. The molecular formula is C13H27ClN2O. The molecule has 1 rings (SSSR count). The fourth-order valence-corrected chi connectivity index (χ4v) is 2.39. The van der Waals surface area contributed by atoms with Crippen molar-refractivity contribution in [2.45, 2.75) is 46.1 Å². The Bertz CT molecular complexity index is 227. The number of amides is 1. The van der Waals surface area contributed by atoms with Crippen LogP contribution in [0.25, 0.3) is 0 Å². The van der Waals surface area contributed by atoms with Gasteiger partial charge in [0.25, 0.3) is 0 Å². The Labute approximate surface area is 112 Å². The van der Waals surface area contributed by atoms with E-state index in [9.17, 15) is 4.79 Å². The van der Waals surface area contributed by atoms with Crippen LogP contribution in [-0.4, -0.2) is 37.0 Å². The molecule has 0 radical (unpaired) electrons. The third kappa shape index (κ3) is 4.84. The zero-order valence-electron chi connectivity index (χ0n) is 11.5. The van der Waals surface area contributed by atoms with Crippen LogP contribution in [-0.2, 0) is 4.79 Å². The van der Waals surface area contributed by atoms with Crippen molar-refractivity contribution in [2.75, 3.05) is 20.1 Å². The first-order chi connectivity index (χ1) is 7.56. The topological polar surface area (TPSA) is 32.3 Å². The molecule has 102 valence electrons. The molecule has 0 aliphatic carbocycles. The van der Waals surface area contributed by atoms with Crippen molar-refractivity contribution in [3.8, 4) is 0 Å². The zero-order valence-corrected chi connectivity index (χ0v) is 12.3. The molecule has 1 aliphatic heterocycles. The van der Waals surface area contributed by atoms with Gasteiger partial charge < -0.3 is 10.2 Å². The van der Waals surface area contributed by atoms with E-state index in [0.717, 1.165) is 25.9 Å². The summed E-state index contributed by atoms with van der Waals surface area (Å²) >= 11 is 0. The molecule has 1 fully saturated rings. The smallest absolute Gasteiger partial charge is 0.222 e. The van der Waals surface area contributed by atoms with E-state index in [1.54, 1.807) is 0 Å². The fraction of sp³-hybridized carbons (Fsp3) is 0.923. The van der Waals surface area contributed by atoms with Gasteiger partial charge >= 0.3 is 0 Å². The molecule has 0 aromatic rings. The van der Waals surface area contributed by atoms with Crippen LogP contribution in [0.1, 0.15) is 40.0 Å². The predicted octanol–water partition coefficient (Wildman–Crippen LogP) is 2.30. The van der Waals surface area contributed by atoms with Crippen LogP contribution in [0.4, 0.5) is 0 Å². The third-order valence-corrected chi connectivity index (χ3v) is 3.88. The van der Waals surface area contributed by atoms with Gasteiger partial charge in [-0.25, -0.2) is 0 Å². The van der Waals surface area contributed by atoms with E-state index in [-0.39, 0.29) is 12.4 Å². The number of hydrogen-bond acceptors (Lipinski definition) is 2. The zero-order chi connectivity index (χ0) is 12.1. The Hall–Kier alpha value is -0.280. The van der Waals surface area contributed by atoms with E-state index < -0.39 is 0 Å². The SMILES string of the molecule is CCC(CC(=O)N(C)C1CCNC1)C(C)C.Cl. The van der Waals surface area contributed by atoms with Gasteiger partial charge in [-0.05, 0) is 24.8 Å². The highest BCUT2D eigenvalue weighted by atomic mass is 35.5. The molecule has 0 bridgehead atoms. The summed E-state index contributed by atoms with van der Waals surface area (Å²) in [5.41, 5.74) is 0. The van der Waals surface area contributed by atoms with Gasteiger partial charge in [-0.1, -0.05) is 27.2 Å². The van der Waals surface area contributed by atoms with Gasteiger partial charge in [0.15, 0.2) is 0 Å². The van der Waals surface area contributed by atoms with Crippen LogP contribution in [0.5, 0.6) is 0 Å². The van der Waals surface area contributed by atoms with Gasteiger partial charge in [0.1, 0.15) is 0 Å². The molecular weight excluding hydrogens is 236 g/mol. The van der Waals surface area contributed by atoms with Crippen LogP contribution >= 0.6 is 12.4 Å². The maximum Gasteiger partial charge on any atom is 0.222 e. The first kappa shape index (κ1) is 16.7. The number of carbonyl (C=O) groups is 1. The van der Waals surface area contributed by atoms with Crippen molar-refractivity contribution in [3.05, 3.63) is 0 Å². The molecule has 3 nitrogen and oxygen atoms in total. The van der Waals surface area contributed by atoms with Crippen molar-refractivity contribution in [3.63, 3.8) is 0 Å². The summed E-state index contributed by atoms with van der Waals surface area (Å²) in [6, 6.07) is 0.414. The lowest BCUT2D eigenvalue weighted by Gasteiger charge is -2.27. The van der Waals surface area contributed by atoms with Gasteiger partial charge in [0.05, 0.1) is 0 Å². The van der Waals surface area contributed by atoms with E-state index in [1.165, 1.54) is 0 Å². The van der Waals surface area contributed by atoms with Gasteiger partial charge in [-0.3, -0.25) is 4.79 Å². The number of carbonyl (C=O) groups excluding carboxylic acids is 1. The summed E-state index contributed by atoms with van der Waals surface area (Å²) < 4.78 is 0. The van der Waals surface area contributed by atoms with Crippen molar-refractivity contribution in [1.82, 2.24) is 10.2 Å². The van der Waals surface area contributed by atoms with Crippen LogP contribution in [0.2, 0.25) is 0 Å². The number of rotatable bonds is 5. The Morgan fingerprint density at radius 2 is 2.12 bits per heavy atom. The molecule has 1 N–H and O–H groups in total. The average Bonchev–Trinajstić information content (AvgIpc) is 2.77. The van der Waals surface area contributed by atoms with Crippen LogP contribution in [0.3, 0.4) is 0 Å². The number of likely N-dealkylation sites (N-methyl/N-ethyl adjacent to an activating group) is 1. The molecule has 1 aliphatic rings. The lowest BCUT2D eigenvalue weighted by molar-refractivity contribution is -0.133. The standard InChI is InChI=1S/C13H26N2O.ClH/c1-5-11(10(2)3)8-13(16)15(4)12-6-7-14-9-12;/h10-12,14H,5-9H2,1-4H3;1H. The molecule has 1 saturated heterocycles. The average molecular weight is 263 g/mol. The fourth-order valence-electron chi connectivity index (χ4n) is 2.39. The molecule has 1 heterocycles. The largest absolute Gasteiger partial charge is 0.341 e. The Morgan fingerprint density at radius 1 is 1.47 bits per heavy atom. The second kappa shape index (κ2) is 7.93. The Kier molecular flexibility index (Phi) is 7.80. The molecule has 0 spiro atoms. The van der Waals surface area contributed by atoms with Crippen molar-refractivity contribution < 1.29 is 4.79 Å². The molecule has 0 aromatic heterocycles. The molecule has 2 atom stereocenters. The summed E-state index contributed by atoms with van der Waals surface area (Å²) in [4.78, 5) is 14.1. The minimum absolute atomic E-state index is 0. The third-order valence-electron chi connectivity index (χ3n) is 3.88. The van der Waals surface area contributed by atoms with Crippen LogP contribution in [0.15, 0.2) is 0 Å². The lowest BCUT2D eigenvalue weighted by atomic mass is 9.89. The van der Waals surface area contributed by atoms with Crippen molar-refractivity contribution in [2.24, 2.45) is 11.8 Å². The molecule has 0 saturated carbocycles. The maximum atomic E-state index is 12.1. The van der Waals surface area contributed by atoms with E-state index in [4.69, 9.17) is 0 Å². The van der Waals surface area contributed by atoms with Crippen LogP contribution < -0.4 is 5.32 Å². The second-order valence-corrected chi connectivity index (χ2v) is 5.27. The maximum absolute atomic E-state index is 12.1. The number of halogens is 1. The summed E-state index contributed by atoms with van der Waals surface area (Å²) in [6.07, 6.45) is 2.90. The molecule has 17 heavy (non-hydrogen) atoms. The summed E-state index contributed by atoms with van der Waals surface area (Å²) in [6.45, 7) is 8.59. The number of hydrogen-bond donors (Lipinski definition) is 1. The van der Waals surface area contributed by atoms with E-state index in [1.807, 2.05) is 11.9 Å². The van der Waals surface area contributed by atoms with Gasteiger partial charge in [0, 0.05) is 26.1 Å². The molecule has 1 amide bonds. The van der Waals surface area contributed by atoms with Crippen LogP contribution in [0, 0.1) is 11.8 Å². The van der Waals surface area contributed by atoms with Gasteiger partial charge in [0.2, 0.25) is 5.91 Å². The molecule has 4 heteroatoms. The summed E-state index contributed by atoms with van der Waals surface area (Å²) in [5, 5.41) is 3.30. The molecule has 2 unspecified atom stereocenters. The van der Waals surface area contributed by atoms with Gasteiger partial charge in [-0.2, -0.15) is 0 Å². The quantitative estimate of drug-likeness (QED) is 0.825. The van der Waals surface area contributed by atoms with E-state index in [0.29, 0.717) is 30.2 Å². The highest BCUT2D eigenvalue weighted by molar-refractivity contribution is 5.85. The molecule has 0 aromatic carbocycles. The highest BCUT2D eigenvalue weighted by Gasteiger charge is 2.25. The summed E-state index contributed by atoms with van der Waals surface area (Å²) in [5.74, 6) is 1.45. The van der Waals surface area contributed by atoms with Crippen molar-refractivity contribution in [1.29, 1.82) is 0 Å². The predicted molar refractivity (Wildman–Crippen MR) is 74.5 cm³/mol. The lowest BCUT2D eigenvalue weighted by Crippen LogP contribution is -2.39. The first-order valence-electron chi connectivity index (χ1n) is 6.52. The monoisotopic (exact) mass is 262 g/mol. The van der Waals surface area contributed by atoms with E-state index in [2.05, 4.69) is 26.1 Å². The van der Waals surface area contributed by atoms with Gasteiger partial charge in [-0.15, -0.1) is 12.4 Å². The normalized spacial score (nSPS) is 21.1. The minimum Gasteiger partial charge on any atom is -0.341 e. The highest BCUT2D eigenvalue weighted by Crippen LogP contribution is 2.20. The number of nitrogens with zero attached hydrogens (tertiary/aromatic N) is 1. The first-order valence-corrected chi connectivity index (χ1v) is 6.52. The Morgan fingerprint density at radius 3 is 2.53 bits per heavy atom. The van der Waals surface area contributed by atoms with Crippen molar-refractivity contribution >= 4 is 18.3 Å². The van der Waals surface area contributed by atoms with E-state index >= 15 is 0 Å². The minimum atomic E-state index is 0. The second-order valence-electron chi connectivity index (χ2n) is 5.27. The summed E-state index contributed by atoms with van der Waals surface area (Å²) in [7, 11) is 1.95.